The number of thioether (sulfide) groups is 1. The van der Waals surface area contributed by atoms with E-state index in [0.29, 0.717) is 14.9 Å². The summed E-state index contributed by atoms with van der Waals surface area (Å²) < 4.78 is -0.434. The molecule has 1 atom stereocenters. The lowest BCUT2D eigenvalue weighted by atomic mass is 10.1. The molecule has 1 saturated heterocycles. The van der Waals surface area contributed by atoms with Crippen LogP contribution in [0.3, 0.4) is 0 Å². The third-order valence-corrected chi connectivity index (χ3v) is 6.13. The summed E-state index contributed by atoms with van der Waals surface area (Å²) in [5.74, 6) is 0. The van der Waals surface area contributed by atoms with Gasteiger partial charge in [-0.25, -0.2) is 9.80 Å². The van der Waals surface area contributed by atoms with Crippen LogP contribution in [0.15, 0.2) is 53.6 Å². The number of anilines is 1. The Balaban J connectivity index is 1.78. The molecule has 2 aromatic carbocycles. The number of benzene rings is 2. The molecule has 12 nitrogen and oxygen atoms in total. The zero-order valence-corrected chi connectivity index (χ0v) is 18.9. The largest absolute Gasteiger partial charge is 0.347 e. The van der Waals surface area contributed by atoms with Gasteiger partial charge in [0.2, 0.25) is 0 Å². The van der Waals surface area contributed by atoms with Crippen molar-refractivity contribution in [1.82, 2.24) is 10.1 Å². The highest BCUT2D eigenvalue weighted by atomic mass is 32.2. The Labute approximate surface area is 197 Å². The molecule has 2 amide bonds. The number of carbonyl (C=O) groups excluding carboxylic acids is 1. The molecular formula is C19H18N6O6S2. The number of amides is 2. The number of nitro benzene ring substituents is 2. The third kappa shape index (κ3) is 5.42. The number of nitrogens with zero attached hydrogens (tertiary/aromatic N) is 5. The second-order valence-corrected chi connectivity index (χ2v) is 9.65. The number of non-ortho nitro benzene ring substituents is 2. The second kappa shape index (κ2) is 9.48. The van der Waals surface area contributed by atoms with Gasteiger partial charge in [0.1, 0.15) is 0 Å². The molecular weight excluding hydrogens is 472 g/mol. The first-order chi connectivity index (χ1) is 15.5. The van der Waals surface area contributed by atoms with Crippen molar-refractivity contribution in [1.29, 1.82) is 0 Å². The first-order valence-electron chi connectivity index (χ1n) is 9.34. The summed E-state index contributed by atoms with van der Waals surface area (Å²) in [6.45, 7) is 3.55. The molecule has 2 aromatic rings. The quantitative estimate of drug-likeness (QED) is 0.199. The molecule has 172 valence electrons. The van der Waals surface area contributed by atoms with Gasteiger partial charge in [0, 0.05) is 30.0 Å². The van der Waals surface area contributed by atoms with Crippen LogP contribution in [0.2, 0.25) is 0 Å². The maximum absolute atomic E-state index is 12.7. The smallest absolute Gasteiger partial charge is 0.306 e. The molecule has 0 aromatic heterocycles. The summed E-state index contributed by atoms with van der Waals surface area (Å²) >= 11 is 6.60. The zero-order chi connectivity index (χ0) is 24.3. The molecule has 1 heterocycles. The minimum Gasteiger partial charge on any atom is -0.306 e. The molecule has 1 aliphatic heterocycles. The van der Waals surface area contributed by atoms with E-state index in [4.69, 9.17) is 12.2 Å². The van der Waals surface area contributed by atoms with Crippen LogP contribution < -0.4 is 5.32 Å². The average molecular weight is 491 g/mol. The number of nitrogens with one attached hydrogen (secondary N) is 1. The van der Waals surface area contributed by atoms with Crippen molar-refractivity contribution in [3.05, 3.63) is 74.3 Å². The van der Waals surface area contributed by atoms with Gasteiger partial charge < -0.3 is 5.32 Å². The van der Waals surface area contributed by atoms with Crippen LogP contribution in [-0.2, 0) is 0 Å². The van der Waals surface area contributed by atoms with Crippen LogP contribution in [0.5, 0.6) is 0 Å². The van der Waals surface area contributed by atoms with Gasteiger partial charge in [-0.2, -0.15) is 10.2 Å². The molecule has 14 heteroatoms. The molecule has 1 fully saturated rings. The van der Waals surface area contributed by atoms with Gasteiger partial charge >= 0.3 is 6.03 Å². The number of urea groups is 1. The Morgan fingerprint density at radius 1 is 1.15 bits per heavy atom. The number of carbonyl (C=O) groups is 1. The van der Waals surface area contributed by atoms with Crippen LogP contribution in [0.4, 0.5) is 21.9 Å². The molecule has 3 rings (SSSR count). The normalized spacial score (nSPS) is 17.2. The van der Waals surface area contributed by atoms with Crippen molar-refractivity contribution in [2.24, 2.45) is 5.10 Å². The van der Waals surface area contributed by atoms with E-state index >= 15 is 0 Å². The number of rotatable bonds is 6. The van der Waals surface area contributed by atoms with Gasteiger partial charge in [-0.15, -0.1) is 0 Å². The predicted molar refractivity (Wildman–Crippen MR) is 126 cm³/mol. The lowest BCUT2D eigenvalue weighted by Gasteiger charge is -2.34. The fourth-order valence-corrected chi connectivity index (χ4v) is 4.78. The van der Waals surface area contributed by atoms with E-state index in [0.717, 1.165) is 0 Å². The molecule has 0 spiro atoms. The Bertz CT molecular complexity index is 1120. The van der Waals surface area contributed by atoms with E-state index in [1.54, 1.807) is 13.8 Å². The number of hydrogen-bond donors (Lipinski definition) is 2. The number of hydrazone groups is 1. The third-order valence-electron chi connectivity index (χ3n) is 4.60. The van der Waals surface area contributed by atoms with E-state index in [2.05, 4.69) is 10.4 Å². The van der Waals surface area contributed by atoms with Crippen LogP contribution >= 0.6 is 24.0 Å². The van der Waals surface area contributed by atoms with E-state index in [9.17, 15) is 30.2 Å². The van der Waals surface area contributed by atoms with E-state index in [1.165, 1.54) is 71.5 Å². The lowest BCUT2D eigenvalue weighted by Crippen LogP contribution is -2.54. The summed E-state index contributed by atoms with van der Waals surface area (Å²) in [5, 5.41) is 40.8. The van der Waals surface area contributed by atoms with Crippen LogP contribution in [0.1, 0.15) is 19.4 Å². The molecule has 0 aliphatic carbocycles. The average Bonchev–Trinajstić information content (AvgIpc) is 2.99. The lowest BCUT2D eigenvalue weighted by molar-refractivity contribution is -0.385. The minimum absolute atomic E-state index is 0.0668. The Hall–Kier alpha value is -3.62. The summed E-state index contributed by atoms with van der Waals surface area (Å²) in [6, 6.07) is 9.92. The van der Waals surface area contributed by atoms with Crippen LogP contribution in [-0.4, -0.2) is 52.6 Å². The van der Waals surface area contributed by atoms with Gasteiger partial charge in [-0.1, -0.05) is 24.0 Å². The topological polar surface area (TPSA) is 154 Å². The van der Waals surface area contributed by atoms with Crippen LogP contribution in [0, 0.1) is 20.2 Å². The molecule has 0 bridgehead atoms. The van der Waals surface area contributed by atoms with Gasteiger partial charge in [0.05, 0.1) is 20.8 Å². The van der Waals surface area contributed by atoms with Crippen molar-refractivity contribution in [3.63, 3.8) is 0 Å². The first kappa shape index (κ1) is 24.0. The molecule has 2 N–H and O–H groups in total. The highest BCUT2D eigenvalue weighted by Crippen LogP contribution is 2.42. The van der Waals surface area contributed by atoms with E-state index < -0.39 is 26.8 Å². The van der Waals surface area contributed by atoms with Crippen molar-refractivity contribution in [2.45, 2.75) is 24.8 Å². The molecule has 0 radical (unpaired) electrons. The molecule has 1 aliphatic rings. The van der Waals surface area contributed by atoms with Crippen LogP contribution in [0.25, 0.3) is 0 Å². The highest BCUT2D eigenvalue weighted by molar-refractivity contribution is 8.24. The highest BCUT2D eigenvalue weighted by Gasteiger charge is 2.50. The van der Waals surface area contributed by atoms with Crippen molar-refractivity contribution >= 4 is 57.6 Å². The summed E-state index contributed by atoms with van der Waals surface area (Å²) in [7, 11) is 0. The van der Waals surface area contributed by atoms with Gasteiger partial charge in [0.15, 0.2) is 10.5 Å². The van der Waals surface area contributed by atoms with Gasteiger partial charge in [-0.3, -0.25) is 25.4 Å². The Kier molecular flexibility index (Phi) is 6.90. The van der Waals surface area contributed by atoms with E-state index in [1.807, 2.05) is 0 Å². The van der Waals surface area contributed by atoms with Crippen molar-refractivity contribution in [2.75, 3.05) is 5.32 Å². The molecule has 33 heavy (non-hydrogen) atoms. The Morgan fingerprint density at radius 3 is 2.18 bits per heavy atom. The summed E-state index contributed by atoms with van der Waals surface area (Å²) in [5.41, 5.74) is 0.593. The van der Waals surface area contributed by atoms with E-state index in [-0.39, 0.29) is 17.1 Å². The first-order valence-corrected chi connectivity index (χ1v) is 10.6. The van der Waals surface area contributed by atoms with Crippen molar-refractivity contribution < 1.29 is 19.8 Å². The number of thiocarbonyl (C=S) groups is 1. The van der Waals surface area contributed by atoms with Crippen molar-refractivity contribution in [3.8, 4) is 0 Å². The number of nitro groups is 2. The van der Waals surface area contributed by atoms with Gasteiger partial charge in [0.25, 0.3) is 11.4 Å². The predicted octanol–water partition coefficient (Wildman–Crippen LogP) is 4.20. The maximum atomic E-state index is 12.7. The second-order valence-electron chi connectivity index (χ2n) is 7.36. The fraction of sp³-hybridized carbons (Fsp3) is 0.211. The summed E-state index contributed by atoms with van der Waals surface area (Å²) in [4.78, 5) is 33.2. The SMILES string of the molecule is CC1(C)SC(=S)N(/N=C/c2ccc([N+](=O)[O-])cc2)C1N(O)C(=O)Nc1ccc([N+](=O)[O-])cc1. The maximum Gasteiger partial charge on any atom is 0.347 e. The standard InChI is InChI=1S/C19H18N6O6S2/c1-19(2)16(23(27)17(26)21-13-5-9-15(10-6-13)25(30)31)22(18(32)33-19)20-11-12-3-7-14(8-4-12)24(28)29/h3-11,16,27H,1-2H3,(H,21,26)/b20-11+. The number of hydrogen-bond acceptors (Lipinski definition) is 9. The summed E-state index contributed by atoms with van der Waals surface area (Å²) in [6.07, 6.45) is 0.426. The minimum atomic E-state index is -0.984. The fourth-order valence-electron chi connectivity index (χ4n) is 3.00. The zero-order valence-electron chi connectivity index (χ0n) is 17.3. The number of hydroxylamine groups is 2. The molecule has 0 saturated carbocycles. The van der Waals surface area contributed by atoms with Gasteiger partial charge in [-0.05, 0) is 43.7 Å². The Morgan fingerprint density at radius 2 is 1.67 bits per heavy atom. The monoisotopic (exact) mass is 490 g/mol. The molecule has 1 unspecified atom stereocenters.